The lowest BCUT2D eigenvalue weighted by Gasteiger charge is -2.17. The summed E-state index contributed by atoms with van der Waals surface area (Å²) in [4.78, 5) is 24.1. The maximum Gasteiger partial charge on any atom is 0.355 e. The summed E-state index contributed by atoms with van der Waals surface area (Å²) in [6.07, 6.45) is -1.24. The second kappa shape index (κ2) is 7.29. The molecule has 3 rings (SSSR count). The van der Waals surface area contributed by atoms with Crippen LogP contribution in [-0.2, 0) is 14.3 Å². The fourth-order valence-corrected chi connectivity index (χ4v) is 2.91. The number of hydrogen-bond acceptors (Lipinski definition) is 5. The van der Waals surface area contributed by atoms with Crippen molar-refractivity contribution in [2.24, 2.45) is 0 Å². The summed E-state index contributed by atoms with van der Waals surface area (Å²) in [5.41, 5.74) is 2.23. The van der Waals surface area contributed by atoms with Gasteiger partial charge in [-0.25, -0.2) is 9.59 Å². The van der Waals surface area contributed by atoms with Crippen molar-refractivity contribution in [1.82, 2.24) is 0 Å². The Bertz CT molecular complexity index is 881. The summed E-state index contributed by atoms with van der Waals surface area (Å²) >= 11 is 9.30. The highest BCUT2D eigenvalue weighted by Crippen LogP contribution is 2.29. The van der Waals surface area contributed by atoms with Crippen LogP contribution < -0.4 is 5.32 Å². The van der Waals surface area contributed by atoms with Crippen molar-refractivity contribution in [2.75, 3.05) is 5.32 Å². The number of ether oxygens (including phenoxy) is 2. The molecule has 7 heteroatoms. The van der Waals surface area contributed by atoms with E-state index in [1.54, 1.807) is 30.3 Å². The van der Waals surface area contributed by atoms with Crippen molar-refractivity contribution in [2.45, 2.75) is 13.2 Å². The first-order valence-electron chi connectivity index (χ1n) is 7.35. The first-order chi connectivity index (χ1) is 12.0. The summed E-state index contributed by atoms with van der Waals surface area (Å²) in [5, 5.41) is 2.85. The molecule has 1 N–H and O–H groups in total. The van der Waals surface area contributed by atoms with Crippen LogP contribution in [0.2, 0.25) is 0 Å². The van der Waals surface area contributed by atoms with Crippen LogP contribution in [0.15, 0.2) is 63.7 Å². The van der Waals surface area contributed by atoms with E-state index in [0.29, 0.717) is 15.7 Å². The zero-order valence-electron chi connectivity index (χ0n) is 13.1. The molecule has 128 valence electrons. The van der Waals surface area contributed by atoms with E-state index in [4.69, 9.17) is 21.1 Å². The molecule has 0 bridgehead atoms. The number of halogens is 2. The fourth-order valence-electron chi connectivity index (χ4n) is 2.28. The number of hydrogen-bond donors (Lipinski definition) is 1. The minimum absolute atomic E-state index is 0.147. The SMILES string of the molecule is Cc1cccc(NC2=C(Cl)C(=O)O[C@@H]2OC(=O)c2ccccc2Br)c1. The van der Waals surface area contributed by atoms with Gasteiger partial charge in [-0.15, -0.1) is 0 Å². The molecular weight excluding hydrogens is 410 g/mol. The average molecular weight is 423 g/mol. The van der Waals surface area contributed by atoms with Gasteiger partial charge < -0.3 is 14.8 Å². The molecule has 1 aliphatic rings. The van der Waals surface area contributed by atoms with Crippen LogP contribution in [0.1, 0.15) is 15.9 Å². The standard InChI is InChI=1S/C18H13BrClNO4/c1-10-5-4-6-11(9-10)21-15-14(20)17(23)25-18(15)24-16(22)12-7-2-3-8-13(12)19/h2-9,18,21H,1H3/t18-/m0/s1. The third-order valence-corrected chi connectivity index (χ3v) is 4.52. The van der Waals surface area contributed by atoms with Crippen LogP contribution in [0.3, 0.4) is 0 Å². The predicted molar refractivity (Wildman–Crippen MR) is 97.1 cm³/mol. The third kappa shape index (κ3) is 3.86. The molecule has 0 spiro atoms. The number of anilines is 1. The number of cyclic esters (lactones) is 1. The minimum atomic E-state index is -1.24. The van der Waals surface area contributed by atoms with Crippen LogP contribution in [0.5, 0.6) is 0 Å². The number of benzene rings is 2. The van der Waals surface area contributed by atoms with Gasteiger partial charge in [0.2, 0.25) is 0 Å². The molecule has 0 radical (unpaired) electrons. The number of nitrogens with one attached hydrogen (secondary N) is 1. The number of aryl methyl sites for hydroxylation is 1. The lowest BCUT2D eigenvalue weighted by Crippen LogP contribution is -2.24. The Hall–Kier alpha value is -2.31. The molecule has 2 aromatic rings. The van der Waals surface area contributed by atoms with Gasteiger partial charge >= 0.3 is 11.9 Å². The van der Waals surface area contributed by atoms with E-state index < -0.39 is 18.2 Å². The Labute approximate surface area is 157 Å². The Morgan fingerprint density at radius 1 is 1.24 bits per heavy atom. The molecule has 25 heavy (non-hydrogen) atoms. The van der Waals surface area contributed by atoms with Crippen LogP contribution in [0.25, 0.3) is 0 Å². The van der Waals surface area contributed by atoms with Crippen molar-refractivity contribution >= 4 is 45.2 Å². The Morgan fingerprint density at radius 3 is 2.72 bits per heavy atom. The quantitative estimate of drug-likeness (QED) is 0.742. The number of carbonyl (C=O) groups excluding carboxylic acids is 2. The molecule has 1 aliphatic heterocycles. The molecule has 2 aromatic carbocycles. The molecule has 5 nitrogen and oxygen atoms in total. The Kier molecular flexibility index (Phi) is 5.11. The third-order valence-electron chi connectivity index (χ3n) is 3.47. The van der Waals surface area contributed by atoms with Crippen molar-refractivity contribution in [3.8, 4) is 0 Å². The number of rotatable bonds is 4. The molecule has 0 aromatic heterocycles. The van der Waals surface area contributed by atoms with E-state index in [-0.39, 0.29) is 10.7 Å². The number of esters is 2. The molecule has 1 heterocycles. The Morgan fingerprint density at radius 2 is 2.00 bits per heavy atom. The van der Waals surface area contributed by atoms with E-state index in [2.05, 4.69) is 21.2 Å². The van der Waals surface area contributed by atoms with Crippen LogP contribution in [0, 0.1) is 6.92 Å². The van der Waals surface area contributed by atoms with E-state index in [0.717, 1.165) is 5.56 Å². The van der Waals surface area contributed by atoms with Crippen LogP contribution in [0.4, 0.5) is 5.69 Å². The van der Waals surface area contributed by atoms with E-state index in [9.17, 15) is 9.59 Å². The van der Waals surface area contributed by atoms with Crippen molar-refractivity contribution in [1.29, 1.82) is 0 Å². The minimum Gasteiger partial charge on any atom is -0.415 e. The molecule has 0 saturated carbocycles. The summed E-state index contributed by atoms with van der Waals surface area (Å²) < 4.78 is 10.9. The van der Waals surface area contributed by atoms with Crippen molar-refractivity contribution < 1.29 is 19.1 Å². The molecule has 0 unspecified atom stereocenters. The molecule has 0 saturated heterocycles. The molecular formula is C18H13BrClNO4. The second-order valence-electron chi connectivity index (χ2n) is 5.34. The van der Waals surface area contributed by atoms with E-state index in [1.807, 2.05) is 25.1 Å². The van der Waals surface area contributed by atoms with Gasteiger partial charge in [0.05, 0.1) is 5.56 Å². The lowest BCUT2D eigenvalue weighted by atomic mass is 10.2. The van der Waals surface area contributed by atoms with E-state index >= 15 is 0 Å². The van der Waals surface area contributed by atoms with E-state index in [1.165, 1.54) is 0 Å². The number of carbonyl (C=O) groups is 2. The molecule has 0 amide bonds. The fraction of sp³-hybridized carbons (Fsp3) is 0.111. The van der Waals surface area contributed by atoms with Gasteiger partial charge in [-0.1, -0.05) is 35.9 Å². The first-order valence-corrected chi connectivity index (χ1v) is 8.52. The van der Waals surface area contributed by atoms with Gasteiger partial charge in [-0.05, 0) is 52.7 Å². The maximum absolute atomic E-state index is 12.3. The van der Waals surface area contributed by atoms with Crippen molar-refractivity contribution in [3.63, 3.8) is 0 Å². The Balaban J connectivity index is 1.82. The summed E-state index contributed by atoms with van der Waals surface area (Å²) in [7, 11) is 0. The highest BCUT2D eigenvalue weighted by Gasteiger charge is 2.37. The molecule has 1 atom stereocenters. The van der Waals surface area contributed by atoms with Gasteiger partial charge in [0.1, 0.15) is 5.70 Å². The largest absolute Gasteiger partial charge is 0.415 e. The van der Waals surface area contributed by atoms with Gasteiger partial charge in [-0.2, -0.15) is 0 Å². The molecule has 0 aliphatic carbocycles. The summed E-state index contributed by atoms with van der Waals surface area (Å²) in [6.45, 7) is 1.93. The smallest absolute Gasteiger partial charge is 0.355 e. The van der Waals surface area contributed by atoms with Crippen LogP contribution in [-0.4, -0.2) is 18.2 Å². The highest BCUT2D eigenvalue weighted by molar-refractivity contribution is 9.10. The van der Waals surface area contributed by atoms with Gasteiger partial charge in [-0.3, -0.25) is 0 Å². The second-order valence-corrected chi connectivity index (χ2v) is 6.58. The van der Waals surface area contributed by atoms with Crippen molar-refractivity contribution in [3.05, 3.63) is 74.9 Å². The maximum atomic E-state index is 12.3. The monoisotopic (exact) mass is 421 g/mol. The highest BCUT2D eigenvalue weighted by atomic mass is 79.9. The lowest BCUT2D eigenvalue weighted by molar-refractivity contribution is -0.152. The van der Waals surface area contributed by atoms with Gasteiger partial charge in [0, 0.05) is 10.2 Å². The van der Waals surface area contributed by atoms with Gasteiger partial charge in [0.15, 0.2) is 5.03 Å². The first kappa shape index (κ1) is 17.5. The topological polar surface area (TPSA) is 64.6 Å². The van der Waals surface area contributed by atoms with Gasteiger partial charge in [0.25, 0.3) is 6.29 Å². The summed E-state index contributed by atoms with van der Waals surface area (Å²) in [5.74, 6) is -1.39. The normalized spacial score (nSPS) is 16.6. The zero-order valence-corrected chi connectivity index (χ0v) is 15.4. The average Bonchev–Trinajstić information content (AvgIpc) is 2.83. The molecule has 0 fully saturated rings. The predicted octanol–water partition coefficient (Wildman–Crippen LogP) is 4.36. The summed E-state index contributed by atoms with van der Waals surface area (Å²) in [6, 6.07) is 14.3. The zero-order chi connectivity index (χ0) is 18.0. The van der Waals surface area contributed by atoms with Crippen LogP contribution >= 0.6 is 27.5 Å².